The molecule has 2 aromatic carbocycles. The summed E-state index contributed by atoms with van der Waals surface area (Å²) < 4.78 is 29.3. The topological polar surface area (TPSA) is 114 Å². The molecule has 174 valence electrons. The summed E-state index contributed by atoms with van der Waals surface area (Å²) in [5.74, 6) is 0.00799. The zero-order chi connectivity index (χ0) is 24.1. The summed E-state index contributed by atoms with van der Waals surface area (Å²) in [5.41, 5.74) is 4.41. The third-order valence-corrected chi connectivity index (χ3v) is 6.56. The molecular formula is C23H23N7O2S2. The second-order valence-corrected chi connectivity index (χ2v) is 9.56. The number of hydrogen-bond acceptors (Lipinski definition) is 6. The van der Waals surface area contributed by atoms with Crippen molar-refractivity contribution in [2.45, 2.75) is 25.3 Å². The third-order valence-electron chi connectivity index (χ3n) is 5.01. The molecule has 0 bridgehead atoms. The van der Waals surface area contributed by atoms with Crippen molar-refractivity contribution in [1.29, 1.82) is 0 Å². The summed E-state index contributed by atoms with van der Waals surface area (Å²) in [6, 6.07) is 17.9. The van der Waals surface area contributed by atoms with Gasteiger partial charge in [-0.25, -0.2) is 23.1 Å². The van der Waals surface area contributed by atoms with E-state index in [9.17, 15) is 8.42 Å². The Hall–Kier alpha value is -3.83. The number of aryl methyl sites for hydroxylation is 1. The zero-order valence-electron chi connectivity index (χ0n) is 18.6. The van der Waals surface area contributed by atoms with E-state index in [0.29, 0.717) is 17.3 Å². The maximum Gasteiger partial charge on any atom is 0.264 e. The van der Waals surface area contributed by atoms with Crippen LogP contribution >= 0.6 is 12.2 Å². The average molecular weight is 494 g/mol. The Morgan fingerprint density at radius 2 is 1.62 bits per heavy atom. The molecule has 0 aliphatic rings. The number of benzene rings is 2. The Morgan fingerprint density at radius 1 is 0.941 bits per heavy atom. The number of thiocarbonyl (C=S) groups is 1. The Bertz CT molecular complexity index is 1390. The standard InChI is InChI=1S/C23H23N7O2S2/c1-16-21(17(2)30(28-16)15-18-7-4-3-5-8-18)27-23(33)26-19-9-11-20(12-10-19)34(31,32)29-22-24-13-6-14-25-22/h3-14H,15H2,1-2H3,(H,24,25,29)(H2,26,27,33). The summed E-state index contributed by atoms with van der Waals surface area (Å²) in [7, 11) is -3.80. The molecule has 0 amide bonds. The van der Waals surface area contributed by atoms with Gasteiger partial charge in [-0.1, -0.05) is 30.3 Å². The molecule has 0 atom stereocenters. The van der Waals surface area contributed by atoms with Gasteiger partial charge in [0, 0.05) is 18.1 Å². The SMILES string of the molecule is Cc1nn(Cc2ccccc2)c(C)c1NC(=S)Nc1ccc(S(=O)(=O)Nc2ncccn2)cc1. The summed E-state index contributed by atoms with van der Waals surface area (Å²) >= 11 is 5.46. The van der Waals surface area contributed by atoms with Gasteiger partial charge in [-0.2, -0.15) is 5.10 Å². The van der Waals surface area contributed by atoms with Crippen LogP contribution in [0.4, 0.5) is 17.3 Å². The van der Waals surface area contributed by atoms with E-state index in [-0.39, 0.29) is 10.8 Å². The minimum atomic E-state index is -3.80. The molecule has 0 fully saturated rings. The molecule has 4 rings (SSSR count). The molecule has 9 nitrogen and oxygen atoms in total. The first kappa shape index (κ1) is 23.3. The van der Waals surface area contributed by atoms with Crippen LogP contribution in [0.2, 0.25) is 0 Å². The number of hydrogen-bond donors (Lipinski definition) is 3. The van der Waals surface area contributed by atoms with Crippen molar-refractivity contribution in [1.82, 2.24) is 19.7 Å². The second-order valence-electron chi connectivity index (χ2n) is 7.47. The average Bonchev–Trinajstić information content (AvgIpc) is 3.07. The highest BCUT2D eigenvalue weighted by Gasteiger charge is 2.16. The maximum absolute atomic E-state index is 12.5. The number of sulfonamides is 1. The predicted molar refractivity (Wildman–Crippen MR) is 136 cm³/mol. The van der Waals surface area contributed by atoms with Crippen LogP contribution in [0.1, 0.15) is 17.0 Å². The van der Waals surface area contributed by atoms with Crippen LogP contribution in [0.25, 0.3) is 0 Å². The van der Waals surface area contributed by atoms with Crippen molar-refractivity contribution in [3.8, 4) is 0 Å². The third kappa shape index (κ3) is 5.56. The largest absolute Gasteiger partial charge is 0.332 e. The van der Waals surface area contributed by atoms with E-state index >= 15 is 0 Å². The first-order valence-corrected chi connectivity index (χ1v) is 12.3. The minimum Gasteiger partial charge on any atom is -0.332 e. The molecule has 0 radical (unpaired) electrons. The van der Waals surface area contributed by atoms with Crippen LogP contribution < -0.4 is 15.4 Å². The molecule has 0 unspecified atom stereocenters. The normalized spacial score (nSPS) is 11.1. The smallest absolute Gasteiger partial charge is 0.264 e. The number of aromatic nitrogens is 4. The molecule has 0 saturated carbocycles. The van der Waals surface area contributed by atoms with E-state index in [1.165, 1.54) is 24.5 Å². The van der Waals surface area contributed by atoms with Crippen LogP contribution in [-0.4, -0.2) is 33.3 Å². The Balaban J connectivity index is 1.41. The van der Waals surface area contributed by atoms with E-state index in [4.69, 9.17) is 12.2 Å². The molecule has 0 saturated heterocycles. The van der Waals surface area contributed by atoms with Crippen LogP contribution in [0.5, 0.6) is 0 Å². The molecule has 3 N–H and O–H groups in total. The Kier molecular flexibility index (Phi) is 6.85. The van der Waals surface area contributed by atoms with Crippen molar-refractivity contribution in [2.24, 2.45) is 0 Å². The molecule has 0 aliphatic carbocycles. The number of nitrogens with one attached hydrogen (secondary N) is 3. The quantitative estimate of drug-likeness (QED) is 0.332. The lowest BCUT2D eigenvalue weighted by atomic mass is 10.2. The van der Waals surface area contributed by atoms with Gasteiger partial charge in [0.15, 0.2) is 5.11 Å². The molecule has 0 aliphatic heterocycles. The lowest BCUT2D eigenvalue weighted by Gasteiger charge is -2.12. The van der Waals surface area contributed by atoms with Crippen LogP contribution in [0.15, 0.2) is 78.0 Å². The lowest BCUT2D eigenvalue weighted by molar-refractivity contribution is 0.601. The summed E-state index contributed by atoms with van der Waals surface area (Å²) in [5, 5.41) is 11.3. The van der Waals surface area contributed by atoms with E-state index in [2.05, 4.69) is 42.6 Å². The van der Waals surface area contributed by atoms with Gasteiger partial charge in [-0.3, -0.25) is 4.68 Å². The van der Waals surface area contributed by atoms with Gasteiger partial charge in [0.25, 0.3) is 10.0 Å². The molecule has 2 aromatic heterocycles. The maximum atomic E-state index is 12.5. The van der Waals surface area contributed by atoms with E-state index in [1.54, 1.807) is 18.2 Å². The summed E-state index contributed by atoms with van der Waals surface area (Å²) in [6.45, 7) is 4.56. The van der Waals surface area contributed by atoms with Gasteiger partial charge < -0.3 is 10.6 Å². The fraction of sp³-hybridized carbons (Fsp3) is 0.130. The Labute approximate surface area is 203 Å². The van der Waals surface area contributed by atoms with Crippen LogP contribution in [-0.2, 0) is 16.6 Å². The van der Waals surface area contributed by atoms with Gasteiger partial charge in [-0.05, 0) is 62.0 Å². The fourth-order valence-electron chi connectivity index (χ4n) is 3.31. The molecule has 4 aromatic rings. The van der Waals surface area contributed by atoms with Gasteiger partial charge in [-0.15, -0.1) is 0 Å². The second kappa shape index (κ2) is 9.98. The molecule has 0 spiro atoms. The van der Waals surface area contributed by atoms with Crippen LogP contribution in [0, 0.1) is 13.8 Å². The van der Waals surface area contributed by atoms with Crippen molar-refractivity contribution >= 4 is 44.7 Å². The van der Waals surface area contributed by atoms with Gasteiger partial charge >= 0.3 is 0 Å². The number of rotatable bonds is 7. The van der Waals surface area contributed by atoms with Crippen molar-refractivity contribution in [3.63, 3.8) is 0 Å². The monoisotopic (exact) mass is 493 g/mol. The molecule has 34 heavy (non-hydrogen) atoms. The highest BCUT2D eigenvalue weighted by atomic mass is 32.2. The lowest BCUT2D eigenvalue weighted by Crippen LogP contribution is -2.20. The van der Waals surface area contributed by atoms with E-state index in [0.717, 1.165) is 22.6 Å². The van der Waals surface area contributed by atoms with Gasteiger partial charge in [0.1, 0.15) is 0 Å². The predicted octanol–water partition coefficient (Wildman–Crippen LogP) is 3.95. The minimum absolute atomic E-state index is 0.00799. The fourth-order valence-corrected chi connectivity index (χ4v) is 4.49. The highest BCUT2D eigenvalue weighted by molar-refractivity contribution is 7.92. The first-order valence-electron chi connectivity index (χ1n) is 10.4. The van der Waals surface area contributed by atoms with Gasteiger partial charge in [0.2, 0.25) is 5.95 Å². The van der Waals surface area contributed by atoms with Crippen molar-refractivity contribution in [2.75, 3.05) is 15.4 Å². The highest BCUT2D eigenvalue weighted by Crippen LogP contribution is 2.22. The summed E-state index contributed by atoms with van der Waals surface area (Å²) in [6.07, 6.45) is 2.92. The van der Waals surface area contributed by atoms with E-state index < -0.39 is 10.0 Å². The zero-order valence-corrected chi connectivity index (χ0v) is 20.2. The number of nitrogens with zero attached hydrogens (tertiary/aromatic N) is 4. The first-order chi connectivity index (χ1) is 16.3. The van der Waals surface area contributed by atoms with Crippen molar-refractivity contribution in [3.05, 3.63) is 90.0 Å². The molecular weight excluding hydrogens is 470 g/mol. The summed E-state index contributed by atoms with van der Waals surface area (Å²) in [4.78, 5) is 7.84. The van der Waals surface area contributed by atoms with Gasteiger partial charge in [0.05, 0.1) is 28.5 Å². The molecule has 2 heterocycles. The van der Waals surface area contributed by atoms with Crippen LogP contribution in [0.3, 0.4) is 0 Å². The van der Waals surface area contributed by atoms with Crippen molar-refractivity contribution < 1.29 is 8.42 Å². The number of anilines is 3. The molecule has 11 heteroatoms. The Morgan fingerprint density at radius 3 is 2.29 bits per heavy atom. The van der Waals surface area contributed by atoms with E-state index in [1.807, 2.05) is 36.7 Å².